The molecule has 138 valence electrons. The molecule has 1 aliphatic heterocycles. The van der Waals surface area contributed by atoms with Crippen molar-refractivity contribution >= 4 is 11.6 Å². The highest BCUT2D eigenvalue weighted by atomic mass is 19.1. The summed E-state index contributed by atoms with van der Waals surface area (Å²) in [6, 6.07) is 11.3. The van der Waals surface area contributed by atoms with Crippen molar-refractivity contribution < 1.29 is 18.7 Å². The molecule has 0 saturated heterocycles. The van der Waals surface area contributed by atoms with Gasteiger partial charge in [-0.25, -0.2) is 9.07 Å². The van der Waals surface area contributed by atoms with Crippen LogP contribution in [-0.2, 0) is 6.42 Å². The second-order valence-corrected chi connectivity index (χ2v) is 6.06. The van der Waals surface area contributed by atoms with Crippen LogP contribution in [0.25, 0.3) is 5.69 Å². The van der Waals surface area contributed by atoms with Crippen molar-refractivity contribution in [3.63, 3.8) is 0 Å². The van der Waals surface area contributed by atoms with Crippen LogP contribution in [0.15, 0.2) is 48.7 Å². The monoisotopic (exact) mass is 367 g/mol. The second kappa shape index (κ2) is 7.11. The van der Waals surface area contributed by atoms with Crippen molar-refractivity contribution in [2.24, 2.45) is 0 Å². The number of hydrogen-bond acceptors (Lipinski definition) is 4. The Balaban J connectivity index is 1.60. The fourth-order valence-electron chi connectivity index (χ4n) is 3.03. The van der Waals surface area contributed by atoms with Crippen molar-refractivity contribution in [1.29, 1.82) is 0 Å². The van der Waals surface area contributed by atoms with Crippen LogP contribution in [0.5, 0.6) is 11.5 Å². The van der Waals surface area contributed by atoms with Gasteiger partial charge >= 0.3 is 0 Å². The van der Waals surface area contributed by atoms with Gasteiger partial charge in [-0.1, -0.05) is 6.92 Å². The Bertz CT molecular complexity index is 983. The molecule has 1 N–H and O–H groups in total. The SMILES string of the molecule is CCc1c(C(=O)Nc2ccc3c(c2)OCCO3)cnn1-c1ccc(F)cc1. The van der Waals surface area contributed by atoms with Gasteiger partial charge in [-0.2, -0.15) is 5.10 Å². The summed E-state index contributed by atoms with van der Waals surface area (Å²) in [6.07, 6.45) is 2.12. The third kappa shape index (κ3) is 3.36. The normalized spacial score (nSPS) is 12.7. The van der Waals surface area contributed by atoms with Gasteiger partial charge in [0, 0.05) is 11.8 Å². The average molecular weight is 367 g/mol. The van der Waals surface area contributed by atoms with Crippen molar-refractivity contribution in [2.45, 2.75) is 13.3 Å². The molecule has 1 amide bonds. The van der Waals surface area contributed by atoms with Crippen LogP contribution in [0.1, 0.15) is 23.0 Å². The standard InChI is InChI=1S/C20H18FN3O3/c1-2-17-16(12-22-24(17)15-6-3-13(21)4-7-15)20(25)23-14-5-8-18-19(11-14)27-10-9-26-18/h3-8,11-12H,2,9-10H2,1H3,(H,23,25). The number of nitrogens with zero attached hydrogens (tertiary/aromatic N) is 2. The van der Waals surface area contributed by atoms with Gasteiger partial charge in [-0.3, -0.25) is 4.79 Å². The summed E-state index contributed by atoms with van der Waals surface area (Å²) in [4.78, 5) is 12.8. The molecule has 4 rings (SSSR count). The number of nitrogens with one attached hydrogen (secondary N) is 1. The lowest BCUT2D eigenvalue weighted by Gasteiger charge is -2.19. The van der Waals surface area contributed by atoms with Gasteiger partial charge < -0.3 is 14.8 Å². The number of rotatable bonds is 4. The van der Waals surface area contributed by atoms with Crippen LogP contribution in [0.4, 0.5) is 10.1 Å². The summed E-state index contributed by atoms with van der Waals surface area (Å²) in [5.41, 5.74) is 2.53. The molecule has 0 bridgehead atoms. The Kier molecular flexibility index (Phi) is 4.50. The molecule has 2 aromatic carbocycles. The van der Waals surface area contributed by atoms with Crippen LogP contribution in [0, 0.1) is 5.82 Å². The van der Waals surface area contributed by atoms with E-state index in [0.29, 0.717) is 48.1 Å². The Morgan fingerprint density at radius 3 is 2.63 bits per heavy atom. The maximum atomic E-state index is 13.2. The van der Waals surface area contributed by atoms with Gasteiger partial charge in [0.1, 0.15) is 19.0 Å². The number of aromatic nitrogens is 2. The Morgan fingerprint density at radius 1 is 1.15 bits per heavy atom. The average Bonchev–Trinajstić information content (AvgIpc) is 3.12. The highest BCUT2D eigenvalue weighted by molar-refractivity contribution is 6.05. The predicted octanol–water partition coefficient (Wildman–Crippen LogP) is 3.60. The van der Waals surface area contributed by atoms with Crippen LogP contribution in [0.2, 0.25) is 0 Å². The molecule has 27 heavy (non-hydrogen) atoms. The summed E-state index contributed by atoms with van der Waals surface area (Å²) in [7, 11) is 0. The number of anilines is 1. The zero-order valence-corrected chi connectivity index (χ0v) is 14.7. The first-order valence-corrected chi connectivity index (χ1v) is 8.69. The molecule has 1 aromatic heterocycles. The maximum Gasteiger partial charge on any atom is 0.259 e. The molecule has 0 saturated carbocycles. The molecule has 0 atom stereocenters. The second-order valence-electron chi connectivity index (χ2n) is 6.06. The van der Waals surface area contributed by atoms with Crippen molar-refractivity contribution in [2.75, 3.05) is 18.5 Å². The molecule has 3 aromatic rings. The van der Waals surface area contributed by atoms with E-state index in [9.17, 15) is 9.18 Å². The molecule has 0 aliphatic carbocycles. The van der Waals surface area contributed by atoms with Gasteiger partial charge in [0.25, 0.3) is 5.91 Å². The first-order valence-electron chi connectivity index (χ1n) is 8.69. The first-order chi connectivity index (χ1) is 13.2. The topological polar surface area (TPSA) is 65.4 Å². The zero-order chi connectivity index (χ0) is 18.8. The van der Waals surface area contributed by atoms with Crippen LogP contribution in [-0.4, -0.2) is 28.9 Å². The fraction of sp³-hybridized carbons (Fsp3) is 0.200. The van der Waals surface area contributed by atoms with Crippen LogP contribution < -0.4 is 14.8 Å². The van der Waals surface area contributed by atoms with Crippen molar-refractivity contribution in [3.05, 3.63) is 65.7 Å². The Hall–Kier alpha value is -3.35. The number of benzene rings is 2. The minimum absolute atomic E-state index is 0.267. The van der Waals surface area contributed by atoms with E-state index in [0.717, 1.165) is 5.69 Å². The molecule has 0 radical (unpaired) electrons. The summed E-state index contributed by atoms with van der Waals surface area (Å²) >= 11 is 0. The van der Waals surface area contributed by atoms with E-state index in [-0.39, 0.29) is 11.7 Å². The molecule has 0 fully saturated rings. The van der Waals surface area contributed by atoms with E-state index in [1.807, 2.05) is 6.92 Å². The number of fused-ring (bicyclic) bond motifs is 1. The van der Waals surface area contributed by atoms with Crippen molar-refractivity contribution in [1.82, 2.24) is 9.78 Å². The van der Waals surface area contributed by atoms with E-state index in [2.05, 4.69) is 10.4 Å². The lowest BCUT2D eigenvalue weighted by Crippen LogP contribution is -2.17. The van der Waals surface area contributed by atoms with Gasteiger partial charge in [0.05, 0.1) is 23.1 Å². The maximum absolute atomic E-state index is 13.2. The number of carbonyl (C=O) groups is 1. The number of amides is 1. The number of halogens is 1. The highest BCUT2D eigenvalue weighted by Crippen LogP contribution is 2.32. The molecule has 2 heterocycles. The summed E-state index contributed by atoms with van der Waals surface area (Å²) in [5, 5.41) is 7.18. The third-order valence-electron chi connectivity index (χ3n) is 4.32. The predicted molar refractivity (Wildman–Crippen MR) is 98.3 cm³/mol. The molecule has 1 aliphatic rings. The van der Waals surface area contributed by atoms with E-state index in [1.54, 1.807) is 35.0 Å². The minimum atomic E-state index is -0.319. The molecule has 6 nitrogen and oxygen atoms in total. The van der Waals surface area contributed by atoms with E-state index in [4.69, 9.17) is 9.47 Å². The molecule has 7 heteroatoms. The van der Waals surface area contributed by atoms with E-state index < -0.39 is 0 Å². The highest BCUT2D eigenvalue weighted by Gasteiger charge is 2.19. The fourth-order valence-corrected chi connectivity index (χ4v) is 3.03. The van der Waals surface area contributed by atoms with Crippen molar-refractivity contribution in [3.8, 4) is 17.2 Å². The number of hydrogen-bond donors (Lipinski definition) is 1. The largest absolute Gasteiger partial charge is 0.486 e. The van der Waals surface area contributed by atoms with Gasteiger partial charge in [-0.15, -0.1) is 0 Å². The number of carbonyl (C=O) groups excluding carboxylic acids is 1. The number of ether oxygens (including phenoxy) is 2. The molecule has 0 unspecified atom stereocenters. The first kappa shape index (κ1) is 17.1. The summed E-state index contributed by atoms with van der Waals surface area (Å²) < 4.78 is 25.9. The Labute approximate surface area is 155 Å². The zero-order valence-electron chi connectivity index (χ0n) is 14.7. The minimum Gasteiger partial charge on any atom is -0.486 e. The molecular weight excluding hydrogens is 349 g/mol. The van der Waals surface area contributed by atoms with Crippen LogP contribution in [0.3, 0.4) is 0 Å². The molecule has 0 spiro atoms. The van der Waals surface area contributed by atoms with Gasteiger partial charge in [0.15, 0.2) is 11.5 Å². The summed E-state index contributed by atoms with van der Waals surface area (Å²) in [5.74, 6) is 0.687. The quantitative estimate of drug-likeness (QED) is 0.765. The van der Waals surface area contributed by atoms with E-state index >= 15 is 0 Å². The third-order valence-corrected chi connectivity index (χ3v) is 4.32. The smallest absolute Gasteiger partial charge is 0.259 e. The van der Waals surface area contributed by atoms with Gasteiger partial charge in [-0.05, 0) is 42.8 Å². The van der Waals surface area contributed by atoms with Crippen LogP contribution >= 0.6 is 0 Å². The lowest BCUT2D eigenvalue weighted by molar-refractivity contribution is 0.102. The summed E-state index contributed by atoms with van der Waals surface area (Å²) in [6.45, 7) is 2.94. The van der Waals surface area contributed by atoms with Gasteiger partial charge in [0.2, 0.25) is 0 Å². The lowest BCUT2D eigenvalue weighted by atomic mass is 10.1. The van der Waals surface area contributed by atoms with E-state index in [1.165, 1.54) is 18.3 Å². The molecular formula is C20H18FN3O3. The Morgan fingerprint density at radius 2 is 1.89 bits per heavy atom.